The first kappa shape index (κ1) is 11.7. The number of hydrogen-bond donors (Lipinski definition) is 0. The van der Waals surface area contributed by atoms with Crippen molar-refractivity contribution in [1.29, 1.82) is 0 Å². The van der Waals surface area contributed by atoms with Crippen LogP contribution >= 0.6 is 0 Å². The summed E-state index contributed by atoms with van der Waals surface area (Å²) in [6.45, 7) is 9.11. The van der Waals surface area contributed by atoms with Crippen LogP contribution in [0.25, 0.3) is 0 Å². The molecule has 15 heavy (non-hydrogen) atoms. The number of benzene rings is 1. The van der Waals surface area contributed by atoms with Crippen molar-refractivity contribution in [2.24, 2.45) is 10.3 Å². The number of rotatable bonds is 1. The van der Waals surface area contributed by atoms with Gasteiger partial charge in [-0.2, -0.15) is 0 Å². The second-order valence-electron chi connectivity index (χ2n) is 3.51. The molecule has 0 fully saturated rings. The first-order valence-corrected chi connectivity index (χ1v) is 5.53. The maximum absolute atomic E-state index is 4.15. The highest BCUT2D eigenvalue weighted by Crippen LogP contribution is 2.26. The normalized spacial score (nSPS) is 13.3. The molecule has 3 nitrogen and oxygen atoms in total. The third-order valence-electron chi connectivity index (χ3n) is 2.19. The quantitative estimate of drug-likeness (QED) is 0.682. The summed E-state index contributed by atoms with van der Waals surface area (Å²) in [6, 6.07) is 8.54. The van der Waals surface area contributed by atoms with Gasteiger partial charge in [-0.05, 0) is 19.9 Å². The molecule has 0 spiro atoms. The first-order valence-electron chi connectivity index (χ1n) is 5.53. The zero-order valence-electron chi connectivity index (χ0n) is 9.94. The molecule has 0 saturated carbocycles. The summed E-state index contributed by atoms with van der Waals surface area (Å²) in [5.74, 6) is 0. The highest BCUT2D eigenvalue weighted by molar-refractivity contribution is 5.45. The van der Waals surface area contributed by atoms with Crippen molar-refractivity contribution < 1.29 is 0 Å². The highest BCUT2D eigenvalue weighted by Gasteiger charge is 2.14. The van der Waals surface area contributed by atoms with Gasteiger partial charge >= 0.3 is 0 Å². The van der Waals surface area contributed by atoms with E-state index in [-0.39, 0.29) is 0 Å². The smallest absolute Gasteiger partial charge is 0.0924 e. The molecule has 1 aliphatic rings. The molecule has 1 aromatic rings. The Morgan fingerprint density at radius 1 is 1.20 bits per heavy atom. The maximum atomic E-state index is 4.15. The fourth-order valence-corrected chi connectivity index (χ4v) is 1.34. The fourth-order valence-electron chi connectivity index (χ4n) is 1.34. The molecule has 0 bridgehead atoms. The molecule has 0 aromatic heterocycles. The van der Waals surface area contributed by atoms with Gasteiger partial charge in [0.25, 0.3) is 0 Å². The minimum atomic E-state index is 0.414. The van der Waals surface area contributed by atoms with Gasteiger partial charge < -0.3 is 0 Å². The van der Waals surface area contributed by atoms with E-state index < -0.39 is 0 Å². The highest BCUT2D eigenvalue weighted by atomic mass is 15.6. The summed E-state index contributed by atoms with van der Waals surface area (Å²) in [7, 11) is 0. The molecule has 0 amide bonds. The van der Waals surface area contributed by atoms with E-state index in [1.54, 1.807) is 0 Å². The molecule has 1 aromatic carbocycles. The lowest BCUT2D eigenvalue weighted by molar-refractivity contribution is 0.201. The van der Waals surface area contributed by atoms with E-state index in [1.807, 2.05) is 37.1 Å². The van der Waals surface area contributed by atoms with Gasteiger partial charge in [0.15, 0.2) is 0 Å². The van der Waals surface area contributed by atoms with Crippen LogP contribution in [0.2, 0.25) is 0 Å². The topological polar surface area (TPSA) is 28.0 Å². The SMILES string of the molecule is CC.CC(C)N1Cc2ccccc2N=N1. The van der Waals surface area contributed by atoms with E-state index in [0.717, 1.165) is 12.2 Å². The van der Waals surface area contributed by atoms with E-state index >= 15 is 0 Å². The maximum Gasteiger partial charge on any atom is 0.0924 e. The molecule has 2 rings (SSSR count). The Bertz CT molecular complexity index is 331. The van der Waals surface area contributed by atoms with Crippen molar-refractivity contribution in [1.82, 2.24) is 5.01 Å². The second-order valence-corrected chi connectivity index (χ2v) is 3.51. The standard InChI is InChI=1S/C10H13N3.C2H6/c1-8(2)13-7-9-5-3-4-6-10(9)11-12-13;1-2/h3-6,8H,7H2,1-2H3;1-2H3. The molecule has 0 aliphatic carbocycles. The minimum Gasteiger partial charge on any atom is -0.271 e. The van der Waals surface area contributed by atoms with Gasteiger partial charge in [0.2, 0.25) is 0 Å². The third-order valence-corrected chi connectivity index (χ3v) is 2.19. The zero-order chi connectivity index (χ0) is 11.3. The van der Waals surface area contributed by atoms with Gasteiger partial charge in [-0.3, -0.25) is 5.01 Å². The Morgan fingerprint density at radius 3 is 2.53 bits per heavy atom. The Kier molecular flexibility index (Phi) is 4.28. The summed E-state index contributed by atoms with van der Waals surface area (Å²) in [5, 5.41) is 10.3. The molecule has 1 aliphatic heterocycles. The summed E-state index contributed by atoms with van der Waals surface area (Å²) in [4.78, 5) is 0. The molecule has 0 unspecified atom stereocenters. The van der Waals surface area contributed by atoms with Crippen molar-refractivity contribution in [2.75, 3.05) is 0 Å². The first-order chi connectivity index (χ1) is 7.27. The van der Waals surface area contributed by atoms with Gasteiger partial charge in [-0.15, -0.1) is 5.11 Å². The van der Waals surface area contributed by atoms with Crippen LogP contribution < -0.4 is 0 Å². The van der Waals surface area contributed by atoms with Gasteiger partial charge in [0, 0.05) is 11.6 Å². The lowest BCUT2D eigenvalue weighted by Gasteiger charge is -2.25. The molecule has 0 saturated heterocycles. The Labute approximate surface area is 91.8 Å². The van der Waals surface area contributed by atoms with Crippen molar-refractivity contribution >= 4 is 5.69 Å². The monoisotopic (exact) mass is 205 g/mol. The Morgan fingerprint density at radius 2 is 1.87 bits per heavy atom. The van der Waals surface area contributed by atoms with Gasteiger partial charge in [-0.1, -0.05) is 37.3 Å². The van der Waals surface area contributed by atoms with Crippen LogP contribution in [0.3, 0.4) is 0 Å². The Hall–Kier alpha value is -1.38. The Balaban J connectivity index is 0.000000531. The van der Waals surface area contributed by atoms with Gasteiger partial charge in [-0.25, -0.2) is 0 Å². The molecule has 3 heteroatoms. The van der Waals surface area contributed by atoms with Crippen molar-refractivity contribution in [2.45, 2.75) is 40.3 Å². The second kappa shape index (κ2) is 5.49. The largest absolute Gasteiger partial charge is 0.271 e. The van der Waals surface area contributed by atoms with Crippen molar-refractivity contribution in [3.63, 3.8) is 0 Å². The fraction of sp³-hybridized carbons (Fsp3) is 0.500. The van der Waals surface area contributed by atoms with Crippen LogP contribution in [0, 0.1) is 0 Å². The predicted octanol–water partition coefficient (Wildman–Crippen LogP) is 3.94. The molecular weight excluding hydrogens is 186 g/mol. The summed E-state index contributed by atoms with van der Waals surface area (Å²) < 4.78 is 0. The van der Waals surface area contributed by atoms with Crippen LogP contribution in [-0.4, -0.2) is 11.1 Å². The third kappa shape index (κ3) is 2.78. The average Bonchev–Trinajstić information content (AvgIpc) is 2.31. The van der Waals surface area contributed by atoms with Crippen LogP contribution in [0.15, 0.2) is 34.6 Å². The number of nitrogens with zero attached hydrogens (tertiary/aromatic N) is 3. The van der Waals surface area contributed by atoms with Crippen molar-refractivity contribution in [3.05, 3.63) is 29.8 Å². The van der Waals surface area contributed by atoms with Gasteiger partial charge in [0.1, 0.15) is 0 Å². The van der Waals surface area contributed by atoms with Gasteiger partial charge in [0.05, 0.1) is 12.2 Å². The molecule has 0 atom stereocenters. The summed E-state index contributed by atoms with van der Waals surface area (Å²) in [5.41, 5.74) is 2.26. The average molecular weight is 205 g/mol. The predicted molar refractivity (Wildman–Crippen MR) is 63.0 cm³/mol. The van der Waals surface area contributed by atoms with Crippen LogP contribution in [-0.2, 0) is 6.54 Å². The number of fused-ring (bicyclic) bond motifs is 1. The van der Waals surface area contributed by atoms with E-state index in [4.69, 9.17) is 0 Å². The van der Waals surface area contributed by atoms with Crippen LogP contribution in [0.1, 0.15) is 33.3 Å². The zero-order valence-corrected chi connectivity index (χ0v) is 9.94. The summed E-state index contributed by atoms with van der Waals surface area (Å²) in [6.07, 6.45) is 0. The van der Waals surface area contributed by atoms with E-state index in [1.165, 1.54) is 5.56 Å². The number of hydrogen-bond acceptors (Lipinski definition) is 3. The molecule has 82 valence electrons. The lowest BCUT2D eigenvalue weighted by atomic mass is 10.1. The molecule has 0 N–H and O–H groups in total. The molecule has 0 radical (unpaired) electrons. The van der Waals surface area contributed by atoms with Crippen LogP contribution in [0.5, 0.6) is 0 Å². The minimum absolute atomic E-state index is 0.414. The molecule has 1 heterocycles. The van der Waals surface area contributed by atoms with E-state index in [2.05, 4.69) is 30.3 Å². The van der Waals surface area contributed by atoms with Crippen molar-refractivity contribution in [3.8, 4) is 0 Å². The van der Waals surface area contributed by atoms with Crippen LogP contribution in [0.4, 0.5) is 5.69 Å². The molecular formula is C12H19N3. The summed E-state index contributed by atoms with van der Waals surface area (Å²) >= 11 is 0. The van der Waals surface area contributed by atoms with E-state index in [9.17, 15) is 0 Å². The lowest BCUT2D eigenvalue weighted by Crippen LogP contribution is -2.25. The van der Waals surface area contributed by atoms with E-state index in [0.29, 0.717) is 6.04 Å².